The molecule has 3 nitrogen and oxygen atoms in total. The predicted octanol–water partition coefficient (Wildman–Crippen LogP) is 5.91. The van der Waals surface area contributed by atoms with Crippen LogP contribution in [0.15, 0.2) is 73.1 Å². The van der Waals surface area contributed by atoms with E-state index in [1.165, 1.54) is 6.07 Å². The number of anilines is 1. The highest BCUT2D eigenvalue weighted by Crippen LogP contribution is 2.35. The topological polar surface area (TPSA) is 29.9 Å². The lowest BCUT2D eigenvalue weighted by atomic mass is 10.0. The number of fused-ring (bicyclic) bond motifs is 1. The summed E-state index contributed by atoms with van der Waals surface area (Å²) in [7, 11) is 1.88. The quantitative estimate of drug-likeness (QED) is 0.455. The summed E-state index contributed by atoms with van der Waals surface area (Å²) in [6.07, 6.45) is -0.199. The van der Waals surface area contributed by atoms with Gasteiger partial charge in [0.05, 0.1) is 5.56 Å². The standard InChI is InChI=1S/C23H20F3N3/c1-29-10-8-17-11-19(15-28-22(17)29)18-12-20(23(24,25)26)14-21(13-18)27-9-7-16-5-3-2-4-6-16/h2-6,8,10-15,27H,7,9H2,1H3. The number of hydrogen-bond donors (Lipinski definition) is 1. The Bertz CT molecular complexity index is 1130. The van der Waals surface area contributed by atoms with Gasteiger partial charge < -0.3 is 9.88 Å². The van der Waals surface area contributed by atoms with Crippen molar-refractivity contribution in [2.24, 2.45) is 7.05 Å². The average molecular weight is 395 g/mol. The molecule has 29 heavy (non-hydrogen) atoms. The molecular weight excluding hydrogens is 375 g/mol. The number of nitrogens with zero attached hydrogens (tertiary/aromatic N) is 2. The fraction of sp³-hybridized carbons (Fsp3) is 0.174. The summed E-state index contributed by atoms with van der Waals surface area (Å²) >= 11 is 0. The summed E-state index contributed by atoms with van der Waals surface area (Å²) < 4.78 is 42.3. The van der Waals surface area contributed by atoms with Crippen LogP contribution in [-0.4, -0.2) is 16.1 Å². The molecule has 2 heterocycles. The van der Waals surface area contributed by atoms with Crippen molar-refractivity contribution < 1.29 is 13.2 Å². The number of hydrogen-bond acceptors (Lipinski definition) is 2. The summed E-state index contributed by atoms with van der Waals surface area (Å²) in [6, 6.07) is 17.7. The van der Waals surface area contributed by atoms with E-state index in [4.69, 9.17) is 0 Å². The molecule has 2 aromatic heterocycles. The van der Waals surface area contributed by atoms with Crippen molar-refractivity contribution in [1.29, 1.82) is 0 Å². The van der Waals surface area contributed by atoms with Crippen LogP contribution in [0.5, 0.6) is 0 Å². The molecule has 2 aromatic carbocycles. The molecule has 0 fully saturated rings. The highest BCUT2D eigenvalue weighted by Gasteiger charge is 2.31. The van der Waals surface area contributed by atoms with Gasteiger partial charge in [-0.1, -0.05) is 30.3 Å². The van der Waals surface area contributed by atoms with Crippen molar-refractivity contribution in [2.75, 3.05) is 11.9 Å². The average Bonchev–Trinajstić information content (AvgIpc) is 3.08. The normalized spacial score (nSPS) is 11.7. The summed E-state index contributed by atoms with van der Waals surface area (Å²) in [5.74, 6) is 0. The first-order valence-electron chi connectivity index (χ1n) is 9.32. The van der Waals surface area contributed by atoms with Gasteiger partial charge in [0.1, 0.15) is 5.65 Å². The van der Waals surface area contributed by atoms with Crippen LogP contribution >= 0.6 is 0 Å². The van der Waals surface area contributed by atoms with Gasteiger partial charge in [-0.05, 0) is 47.9 Å². The van der Waals surface area contributed by atoms with E-state index >= 15 is 0 Å². The molecule has 6 heteroatoms. The van der Waals surface area contributed by atoms with Crippen molar-refractivity contribution in [1.82, 2.24) is 9.55 Å². The first-order valence-corrected chi connectivity index (χ1v) is 9.32. The lowest BCUT2D eigenvalue weighted by Crippen LogP contribution is -2.09. The molecule has 0 saturated heterocycles. The van der Waals surface area contributed by atoms with Gasteiger partial charge in [0.25, 0.3) is 0 Å². The maximum atomic E-state index is 13.5. The summed E-state index contributed by atoms with van der Waals surface area (Å²) in [5, 5.41) is 4.02. The van der Waals surface area contributed by atoms with Crippen LogP contribution in [0.25, 0.3) is 22.2 Å². The smallest absolute Gasteiger partial charge is 0.385 e. The van der Waals surface area contributed by atoms with E-state index in [1.54, 1.807) is 12.3 Å². The molecular formula is C23H20F3N3. The molecule has 0 bridgehead atoms. The van der Waals surface area contributed by atoms with Gasteiger partial charge in [-0.3, -0.25) is 0 Å². The SMILES string of the molecule is Cn1ccc2cc(-c3cc(NCCc4ccccc4)cc(C(F)(F)F)c3)cnc21. The highest BCUT2D eigenvalue weighted by molar-refractivity contribution is 5.82. The molecule has 0 spiro atoms. The molecule has 148 valence electrons. The van der Waals surface area contributed by atoms with Gasteiger partial charge in [0.2, 0.25) is 0 Å². The lowest BCUT2D eigenvalue weighted by molar-refractivity contribution is -0.137. The molecule has 0 aliphatic carbocycles. The van der Waals surface area contributed by atoms with Gasteiger partial charge in [0.15, 0.2) is 0 Å². The fourth-order valence-electron chi connectivity index (χ4n) is 3.37. The molecule has 0 unspecified atom stereocenters. The molecule has 0 aliphatic heterocycles. The van der Waals surface area contributed by atoms with E-state index in [2.05, 4.69) is 10.3 Å². The summed E-state index contributed by atoms with van der Waals surface area (Å²) in [5.41, 5.74) is 2.83. The maximum absolute atomic E-state index is 13.5. The van der Waals surface area contributed by atoms with Gasteiger partial charge in [-0.2, -0.15) is 13.2 Å². The Kier molecular flexibility index (Phi) is 5.01. The van der Waals surface area contributed by atoms with E-state index in [-0.39, 0.29) is 0 Å². The van der Waals surface area contributed by atoms with Crippen LogP contribution in [0.2, 0.25) is 0 Å². The third kappa shape index (κ3) is 4.26. The van der Waals surface area contributed by atoms with Gasteiger partial charge in [-0.25, -0.2) is 4.98 Å². The van der Waals surface area contributed by atoms with Gasteiger partial charge >= 0.3 is 6.18 Å². The number of alkyl halides is 3. The second-order valence-corrected chi connectivity index (χ2v) is 7.02. The number of rotatable bonds is 5. The number of aromatic nitrogens is 2. The molecule has 0 radical (unpaired) electrons. The van der Waals surface area contributed by atoms with E-state index in [1.807, 2.05) is 60.3 Å². The van der Waals surface area contributed by atoms with Crippen LogP contribution in [-0.2, 0) is 19.6 Å². The van der Waals surface area contributed by atoms with Crippen molar-refractivity contribution in [2.45, 2.75) is 12.6 Å². The first kappa shape index (κ1) is 19.1. The molecule has 1 N–H and O–H groups in total. The molecule has 0 amide bonds. The Balaban J connectivity index is 1.64. The van der Waals surface area contributed by atoms with Crippen molar-refractivity contribution in [3.63, 3.8) is 0 Å². The van der Waals surface area contributed by atoms with Gasteiger partial charge in [-0.15, -0.1) is 0 Å². The molecule has 4 rings (SSSR count). The second-order valence-electron chi connectivity index (χ2n) is 7.02. The monoisotopic (exact) mass is 395 g/mol. The molecule has 0 saturated carbocycles. The fourth-order valence-corrected chi connectivity index (χ4v) is 3.37. The predicted molar refractivity (Wildman–Crippen MR) is 110 cm³/mol. The maximum Gasteiger partial charge on any atom is 0.416 e. The first-order chi connectivity index (χ1) is 13.9. The van der Waals surface area contributed by atoms with Crippen molar-refractivity contribution >= 4 is 16.7 Å². The Hall–Kier alpha value is -3.28. The summed E-state index contributed by atoms with van der Waals surface area (Å²) in [6.45, 7) is 0.542. The van der Waals surface area contributed by atoms with Crippen molar-refractivity contribution in [3.8, 4) is 11.1 Å². The molecule has 0 atom stereocenters. The van der Waals surface area contributed by atoms with Crippen LogP contribution in [0.4, 0.5) is 18.9 Å². The van der Waals surface area contributed by atoms with Gasteiger partial charge in [0, 0.05) is 42.6 Å². The number of nitrogens with one attached hydrogen (secondary N) is 1. The number of aryl methyl sites for hydroxylation is 1. The zero-order valence-corrected chi connectivity index (χ0v) is 15.9. The minimum absolute atomic E-state index is 0.443. The Morgan fingerprint density at radius 1 is 0.966 bits per heavy atom. The Labute approximate surface area is 166 Å². The van der Waals surface area contributed by atoms with Crippen LogP contribution in [0.3, 0.4) is 0 Å². The van der Waals surface area contributed by atoms with E-state index in [9.17, 15) is 13.2 Å². The third-order valence-corrected chi connectivity index (χ3v) is 4.89. The minimum Gasteiger partial charge on any atom is -0.385 e. The third-order valence-electron chi connectivity index (χ3n) is 4.89. The second kappa shape index (κ2) is 7.62. The molecule has 0 aliphatic rings. The van der Waals surface area contributed by atoms with E-state index in [0.717, 1.165) is 29.1 Å². The zero-order valence-electron chi connectivity index (χ0n) is 15.9. The van der Waals surface area contributed by atoms with Crippen LogP contribution in [0, 0.1) is 0 Å². The number of pyridine rings is 1. The summed E-state index contributed by atoms with van der Waals surface area (Å²) in [4.78, 5) is 4.40. The zero-order chi connectivity index (χ0) is 20.4. The minimum atomic E-state index is -4.42. The highest BCUT2D eigenvalue weighted by atomic mass is 19.4. The molecule has 4 aromatic rings. The van der Waals surface area contributed by atoms with Crippen LogP contribution < -0.4 is 5.32 Å². The lowest BCUT2D eigenvalue weighted by Gasteiger charge is -2.14. The van der Waals surface area contributed by atoms with E-state index in [0.29, 0.717) is 23.4 Å². The largest absolute Gasteiger partial charge is 0.416 e. The number of benzene rings is 2. The Morgan fingerprint density at radius 3 is 2.52 bits per heavy atom. The van der Waals surface area contributed by atoms with Crippen LogP contribution in [0.1, 0.15) is 11.1 Å². The Morgan fingerprint density at radius 2 is 1.76 bits per heavy atom. The number of halogens is 3. The van der Waals surface area contributed by atoms with Crippen molar-refractivity contribution in [3.05, 3.63) is 84.2 Å². The van der Waals surface area contributed by atoms with E-state index < -0.39 is 11.7 Å².